The molecule has 0 bridgehead atoms. The van der Waals surface area contributed by atoms with Crippen molar-refractivity contribution in [3.05, 3.63) is 76.5 Å². The van der Waals surface area contributed by atoms with Gasteiger partial charge < -0.3 is 5.32 Å². The van der Waals surface area contributed by atoms with E-state index >= 15 is 0 Å². The average Bonchev–Trinajstić information content (AvgIpc) is 3.28. The Kier molecular flexibility index (Phi) is 4.85. The van der Waals surface area contributed by atoms with Crippen LogP contribution in [0.15, 0.2) is 48.7 Å². The Morgan fingerprint density at radius 2 is 1.72 bits per heavy atom. The number of hydrogen-bond donors (Lipinski definition) is 1. The summed E-state index contributed by atoms with van der Waals surface area (Å²) in [4.78, 5) is 21.6. The maximum atomic E-state index is 12.8. The fourth-order valence-electron chi connectivity index (χ4n) is 2.93. The molecule has 1 aromatic carbocycles. The van der Waals surface area contributed by atoms with Gasteiger partial charge in [-0.1, -0.05) is 17.7 Å². The molecule has 29 heavy (non-hydrogen) atoms. The molecule has 0 atom stereocenters. The highest BCUT2D eigenvalue weighted by Crippen LogP contribution is 2.17. The summed E-state index contributed by atoms with van der Waals surface area (Å²) in [6.45, 7) is 5.60. The summed E-state index contributed by atoms with van der Waals surface area (Å²) in [6.07, 6.45) is 1.70. The van der Waals surface area contributed by atoms with E-state index in [4.69, 9.17) is 11.6 Å². The molecule has 1 N–H and O–H groups in total. The zero-order valence-corrected chi connectivity index (χ0v) is 16.8. The number of halogens is 1. The van der Waals surface area contributed by atoms with Crippen LogP contribution in [0.5, 0.6) is 0 Å². The predicted molar refractivity (Wildman–Crippen MR) is 110 cm³/mol. The molecule has 0 aliphatic carbocycles. The second-order valence-corrected chi connectivity index (χ2v) is 7.05. The molecule has 0 radical (unpaired) electrons. The first-order valence-electron chi connectivity index (χ1n) is 8.91. The third kappa shape index (κ3) is 4.02. The molecule has 3 aromatic heterocycles. The number of nitrogens with zero attached hydrogens (tertiary/aromatic N) is 6. The van der Waals surface area contributed by atoms with Crippen LogP contribution in [0.25, 0.3) is 11.6 Å². The van der Waals surface area contributed by atoms with Crippen LogP contribution in [0, 0.1) is 20.8 Å². The van der Waals surface area contributed by atoms with Crippen LogP contribution in [0.1, 0.15) is 27.6 Å². The zero-order chi connectivity index (χ0) is 20.5. The van der Waals surface area contributed by atoms with Crippen LogP contribution >= 0.6 is 11.6 Å². The first-order chi connectivity index (χ1) is 13.9. The van der Waals surface area contributed by atoms with Gasteiger partial charge in [0.2, 0.25) is 0 Å². The molecule has 0 fully saturated rings. The number of rotatable bonds is 4. The lowest BCUT2D eigenvalue weighted by atomic mass is 10.3. The van der Waals surface area contributed by atoms with Crippen molar-refractivity contribution in [2.24, 2.45) is 0 Å². The molecular weight excluding hydrogens is 390 g/mol. The Morgan fingerprint density at radius 3 is 2.45 bits per heavy atom. The van der Waals surface area contributed by atoms with E-state index in [-0.39, 0.29) is 11.6 Å². The SMILES string of the molecule is Cc1cc(C)nc(-n2nc(C)cc2NC(=O)c2ccn(-c3cccc(Cl)c3)n2)n1. The maximum Gasteiger partial charge on any atom is 0.277 e. The average molecular weight is 408 g/mol. The fourth-order valence-corrected chi connectivity index (χ4v) is 3.12. The number of hydrogen-bond acceptors (Lipinski definition) is 5. The molecule has 4 aromatic rings. The van der Waals surface area contributed by atoms with Crippen LogP contribution in [-0.4, -0.2) is 35.4 Å². The van der Waals surface area contributed by atoms with Gasteiger partial charge >= 0.3 is 0 Å². The molecular formula is C20H18ClN7O. The van der Waals surface area contributed by atoms with Crippen molar-refractivity contribution in [2.75, 3.05) is 5.32 Å². The molecule has 0 unspecified atom stereocenters. The van der Waals surface area contributed by atoms with Gasteiger partial charge in [0.1, 0.15) is 5.82 Å². The molecule has 0 aliphatic rings. The van der Waals surface area contributed by atoms with Crippen LogP contribution in [-0.2, 0) is 0 Å². The van der Waals surface area contributed by atoms with Gasteiger partial charge in [0.15, 0.2) is 5.69 Å². The summed E-state index contributed by atoms with van der Waals surface area (Å²) in [7, 11) is 0. The molecule has 0 spiro atoms. The lowest BCUT2D eigenvalue weighted by Crippen LogP contribution is -2.17. The highest BCUT2D eigenvalue weighted by molar-refractivity contribution is 6.30. The summed E-state index contributed by atoms with van der Waals surface area (Å²) in [5.41, 5.74) is 3.39. The van der Waals surface area contributed by atoms with Crippen molar-refractivity contribution < 1.29 is 4.79 Å². The quantitative estimate of drug-likeness (QED) is 0.557. The van der Waals surface area contributed by atoms with Gasteiger partial charge in [0, 0.05) is 28.7 Å². The van der Waals surface area contributed by atoms with Gasteiger partial charge in [-0.2, -0.15) is 14.9 Å². The standard InChI is InChI=1S/C20H18ClN7O/c1-12-9-13(2)23-20(22-12)28-18(10-14(3)25-28)24-19(29)17-7-8-27(26-17)16-6-4-5-15(21)11-16/h4-11H,1-3H3,(H,24,29). The molecule has 9 heteroatoms. The summed E-state index contributed by atoms with van der Waals surface area (Å²) < 4.78 is 3.11. The maximum absolute atomic E-state index is 12.8. The zero-order valence-electron chi connectivity index (χ0n) is 16.1. The van der Waals surface area contributed by atoms with Crippen molar-refractivity contribution in [3.63, 3.8) is 0 Å². The highest BCUT2D eigenvalue weighted by atomic mass is 35.5. The summed E-state index contributed by atoms with van der Waals surface area (Å²) in [5.74, 6) is 0.501. The molecule has 3 heterocycles. The van der Waals surface area contributed by atoms with E-state index in [9.17, 15) is 4.79 Å². The van der Waals surface area contributed by atoms with Crippen LogP contribution in [0.4, 0.5) is 5.82 Å². The van der Waals surface area contributed by atoms with E-state index in [2.05, 4.69) is 25.5 Å². The first kappa shape index (κ1) is 18.8. The second-order valence-electron chi connectivity index (χ2n) is 6.61. The number of amides is 1. The van der Waals surface area contributed by atoms with Gasteiger partial charge in [-0.3, -0.25) is 4.79 Å². The van der Waals surface area contributed by atoms with Crippen molar-refractivity contribution in [1.29, 1.82) is 0 Å². The van der Waals surface area contributed by atoms with E-state index in [1.807, 2.05) is 39.0 Å². The van der Waals surface area contributed by atoms with Crippen LogP contribution in [0.2, 0.25) is 5.02 Å². The third-order valence-corrected chi connectivity index (χ3v) is 4.36. The first-order valence-corrected chi connectivity index (χ1v) is 9.29. The van der Waals surface area contributed by atoms with E-state index < -0.39 is 0 Å². The Bertz CT molecular complexity index is 1190. The largest absolute Gasteiger partial charge is 0.305 e. The van der Waals surface area contributed by atoms with Gasteiger partial charge in [-0.25, -0.2) is 14.6 Å². The fraction of sp³-hybridized carbons (Fsp3) is 0.150. The number of nitrogens with one attached hydrogen (secondary N) is 1. The number of carbonyl (C=O) groups excluding carboxylic acids is 1. The highest BCUT2D eigenvalue weighted by Gasteiger charge is 2.16. The minimum absolute atomic E-state index is 0.261. The van der Waals surface area contributed by atoms with Crippen molar-refractivity contribution in [2.45, 2.75) is 20.8 Å². The summed E-state index contributed by atoms with van der Waals surface area (Å²) >= 11 is 6.03. The minimum atomic E-state index is -0.365. The number of benzene rings is 1. The Morgan fingerprint density at radius 1 is 0.966 bits per heavy atom. The number of carbonyl (C=O) groups is 1. The Labute approximate surface area is 172 Å². The lowest BCUT2D eigenvalue weighted by molar-refractivity contribution is 0.102. The van der Waals surface area contributed by atoms with Gasteiger partial charge in [0.05, 0.1) is 11.4 Å². The van der Waals surface area contributed by atoms with E-state index in [0.717, 1.165) is 22.8 Å². The predicted octanol–water partition coefficient (Wildman–Crippen LogP) is 3.68. The number of aryl methyl sites for hydroxylation is 3. The molecule has 0 saturated carbocycles. The van der Waals surface area contributed by atoms with Gasteiger partial charge in [-0.05, 0) is 51.1 Å². The monoisotopic (exact) mass is 407 g/mol. The summed E-state index contributed by atoms with van der Waals surface area (Å²) in [5, 5.41) is 12.2. The van der Waals surface area contributed by atoms with Crippen molar-refractivity contribution in [1.82, 2.24) is 29.5 Å². The molecule has 1 amide bonds. The van der Waals surface area contributed by atoms with Crippen LogP contribution < -0.4 is 5.32 Å². The van der Waals surface area contributed by atoms with E-state index in [1.165, 1.54) is 4.68 Å². The third-order valence-electron chi connectivity index (χ3n) is 4.13. The summed E-state index contributed by atoms with van der Waals surface area (Å²) in [6, 6.07) is 12.5. The smallest absolute Gasteiger partial charge is 0.277 e. The van der Waals surface area contributed by atoms with Gasteiger partial charge in [0.25, 0.3) is 11.9 Å². The lowest BCUT2D eigenvalue weighted by Gasteiger charge is -2.08. The van der Waals surface area contributed by atoms with Gasteiger partial charge in [-0.15, -0.1) is 0 Å². The molecule has 146 valence electrons. The molecule has 0 aliphatic heterocycles. The van der Waals surface area contributed by atoms with Crippen molar-refractivity contribution >= 4 is 23.3 Å². The van der Waals surface area contributed by atoms with Crippen LogP contribution in [0.3, 0.4) is 0 Å². The Balaban J connectivity index is 1.61. The van der Waals surface area contributed by atoms with Crippen molar-refractivity contribution in [3.8, 4) is 11.6 Å². The number of aromatic nitrogens is 6. The molecule has 4 rings (SSSR count). The second kappa shape index (κ2) is 7.48. The van der Waals surface area contributed by atoms with E-state index in [0.29, 0.717) is 16.8 Å². The number of anilines is 1. The normalized spacial score (nSPS) is 10.9. The topological polar surface area (TPSA) is 90.5 Å². The minimum Gasteiger partial charge on any atom is -0.305 e. The molecule has 0 saturated heterocycles. The Hall–Kier alpha value is -3.52. The van der Waals surface area contributed by atoms with E-state index in [1.54, 1.807) is 35.1 Å². The molecule has 8 nitrogen and oxygen atoms in total.